The molecule has 7 nitrogen and oxygen atoms in total. The van der Waals surface area contributed by atoms with Crippen molar-refractivity contribution in [1.82, 2.24) is 9.80 Å². The van der Waals surface area contributed by atoms with E-state index >= 15 is 26.3 Å². The lowest BCUT2D eigenvalue weighted by Gasteiger charge is -2.53. The minimum Gasteiger partial charge on any atom is -0.348 e. The van der Waals surface area contributed by atoms with Gasteiger partial charge in [0.15, 0.2) is 11.2 Å². The summed E-state index contributed by atoms with van der Waals surface area (Å²) in [5, 5.41) is 0. The summed E-state index contributed by atoms with van der Waals surface area (Å²) in [7, 11) is 0. The van der Waals surface area contributed by atoms with Gasteiger partial charge in [-0.1, -0.05) is 0 Å². The standard InChI is InChI=1S/C24H20F6N2O5/c25-23(26,27)21-13-5-3-6-10-9(5)17(33)31(18(10)34)1-2-32-19(35)11-7-4-8(12(11)20(32)36)16(15(7)21)22(37-21,14(6)13)24(28,29)30/h5-16H,1-4H2/t5?,6?,7?,8?,9-,10?,11+,12?,13+,14?,15-,16?,21?,22?. The summed E-state index contributed by atoms with van der Waals surface area (Å²) in [5.74, 6) is -18.1. The molecule has 37 heavy (non-hydrogen) atoms. The van der Waals surface area contributed by atoms with E-state index in [2.05, 4.69) is 0 Å². The lowest BCUT2D eigenvalue weighted by Crippen LogP contribution is -2.66. The first-order valence-corrected chi connectivity index (χ1v) is 12.8. The number of ether oxygens (including phenoxy) is 1. The third-order valence-electron chi connectivity index (χ3n) is 12.3. The summed E-state index contributed by atoms with van der Waals surface area (Å²) in [4.78, 5) is 55.3. The zero-order chi connectivity index (χ0) is 25.9. The van der Waals surface area contributed by atoms with Crippen LogP contribution in [0.4, 0.5) is 26.3 Å². The van der Waals surface area contributed by atoms with Crippen LogP contribution >= 0.6 is 0 Å². The summed E-state index contributed by atoms with van der Waals surface area (Å²) < 4.78 is 97.4. The average Bonchev–Trinajstić information content (AvgIpc) is 3.62. The number of alkyl halides is 6. The third kappa shape index (κ3) is 1.78. The quantitative estimate of drug-likeness (QED) is 0.351. The van der Waals surface area contributed by atoms with Gasteiger partial charge in [0.1, 0.15) is 0 Å². The number of hydrogen-bond donors (Lipinski definition) is 0. The molecule has 14 atom stereocenters. The predicted molar refractivity (Wildman–Crippen MR) is 103 cm³/mol. The van der Waals surface area contributed by atoms with Crippen LogP contribution < -0.4 is 0 Å². The molecule has 4 amide bonds. The third-order valence-corrected chi connectivity index (χ3v) is 12.3. The maximum Gasteiger partial charge on any atom is 0.418 e. The highest BCUT2D eigenvalue weighted by Gasteiger charge is 2.97. The minimum atomic E-state index is -5.20. The molecule has 10 fully saturated rings. The monoisotopic (exact) mass is 530 g/mol. The van der Waals surface area contributed by atoms with Crippen molar-refractivity contribution in [2.75, 3.05) is 13.1 Å². The molecule has 10 aliphatic rings. The highest BCUT2D eigenvalue weighted by molar-refractivity contribution is 6.08. The van der Waals surface area contributed by atoms with Crippen LogP contribution in [-0.2, 0) is 23.9 Å². The number of rotatable bonds is 0. The van der Waals surface area contributed by atoms with Crippen molar-refractivity contribution in [2.24, 2.45) is 71.0 Å². The molecule has 12 bridgehead atoms. The smallest absolute Gasteiger partial charge is 0.348 e. The molecule has 6 saturated heterocycles. The summed E-state index contributed by atoms with van der Waals surface area (Å²) >= 11 is 0. The van der Waals surface area contributed by atoms with E-state index in [0.717, 1.165) is 9.80 Å². The summed E-state index contributed by atoms with van der Waals surface area (Å²) in [6.07, 6.45) is -10.5. The second-order valence-corrected chi connectivity index (χ2v) is 12.7. The largest absolute Gasteiger partial charge is 0.418 e. The second kappa shape index (κ2) is 5.58. The van der Waals surface area contributed by atoms with Crippen molar-refractivity contribution in [3.05, 3.63) is 0 Å². The first-order chi connectivity index (χ1) is 17.3. The molecule has 0 radical (unpaired) electrons. The van der Waals surface area contributed by atoms with Crippen LogP contribution in [0.2, 0.25) is 0 Å². The Morgan fingerprint density at radius 1 is 0.568 bits per heavy atom. The molecule has 10 rings (SSSR count). The number of carbonyl (C=O) groups is 4. The van der Waals surface area contributed by atoms with Crippen molar-refractivity contribution in [3.63, 3.8) is 0 Å². The molecular weight excluding hydrogens is 510 g/mol. The fourth-order valence-corrected chi connectivity index (χ4v) is 12.0. The van der Waals surface area contributed by atoms with Gasteiger partial charge in [-0.2, -0.15) is 26.3 Å². The maximum absolute atomic E-state index is 15.3. The van der Waals surface area contributed by atoms with Crippen LogP contribution in [0.15, 0.2) is 0 Å². The Morgan fingerprint density at radius 2 is 0.838 bits per heavy atom. The maximum atomic E-state index is 15.3. The number of hydrogen-bond acceptors (Lipinski definition) is 5. The van der Waals surface area contributed by atoms with E-state index < -0.39 is 118 Å². The van der Waals surface area contributed by atoms with Crippen LogP contribution in [0, 0.1) is 71.0 Å². The van der Waals surface area contributed by atoms with Gasteiger partial charge in [0.25, 0.3) is 0 Å². The Bertz CT molecular complexity index is 1100. The highest BCUT2D eigenvalue weighted by Crippen LogP contribution is 2.86. The Hall–Kier alpha value is -2.18. The van der Waals surface area contributed by atoms with Crippen molar-refractivity contribution in [2.45, 2.75) is 36.4 Å². The van der Waals surface area contributed by atoms with Gasteiger partial charge < -0.3 is 4.74 Å². The number of fused-ring (bicyclic) bond motifs is 1. The zero-order valence-corrected chi connectivity index (χ0v) is 19.0. The summed E-state index contributed by atoms with van der Waals surface area (Å²) in [6.45, 7) is -0.576. The number of imide groups is 2. The molecule has 6 heterocycles. The molecule has 4 saturated carbocycles. The average molecular weight is 530 g/mol. The van der Waals surface area contributed by atoms with E-state index in [1.807, 2.05) is 0 Å². The molecule has 0 aromatic heterocycles. The molecule has 6 aliphatic heterocycles. The van der Waals surface area contributed by atoms with Crippen molar-refractivity contribution in [1.29, 1.82) is 0 Å². The topological polar surface area (TPSA) is 84.0 Å². The Labute approximate surface area is 204 Å². The van der Waals surface area contributed by atoms with Crippen LogP contribution in [0.25, 0.3) is 0 Å². The Kier molecular flexibility index (Phi) is 3.27. The fraction of sp³-hybridized carbons (Fsp3) is 0.833. The van der Waals surface area contributed by atoms with Gasteiger partial charge in [0, 0.05) is 36.8 Å². The van der Waals surface area contributed by atoms with Gasteiger partial charge in [-0.25, -0.2) is 0 Å². The number of nitrogens with zero attached hydrogens (tertiary/aromatic N) is 2. The molecule has 4 aliphatic carbocycles. The van der Waals surface area contributed by atoms with Gasteiger partial charge in [-0.3, -0.25) is 29.0 Å². The molecule has 0 N–H and O–H groups in total. The van der Waals surface area contributed by atoms with E-state index in [1.165, 1.54) is 0 Å². The normalized spacial score (nSPS) is 57.8. The molecular formula is C24H20F6N2O5. The van der Waals surface area contributed by atoms with Crippen LogP contribution in [0.3, 0.4) is 0 Å². The summed E-state index contributed by atoms with van der Waals surface area (Å²) in [6, 6.07) is 0. The molecule has 0 spiro atoms. The minimum absolute atomic E-state index is 0.0549. The van der Waals surface area contributed by atoms with Gasteiger partial charge in [0.05, 0.1) is 23.7 Å². The van der Waals surface area contributed by atoms with E-state index in [9.17, 15) is 19.2 Å². The van der Waals surface area contributed by atoms with Crippen molar-refractivity contribution in [3.8, 4) is 0 Å². The molecule has 198 valence electrons. The van der Waals surface area contributed by atoms with E-state index in [0.29, 0.717) is 0 Å². The Morgan fingerprint density at radius 3 is 1.08 bits per heavy atom. The number of halogens is 6. The van der Waals surface area contributed by atoms with E-state index in [-0.39, 0.29) is 25.9 Å². The molecule has 13 heteroatoms. The van der Waals surface area contributed by atoms with E-state index in [4.69, 9.17) is 4.74 Å². The lowest BCUT2D eigenvalue weighted by atomic mass is 9.46. The zero-order valence-electron chi connectivity index (χ0n) is 19.0. The van der Waals surface area contributed by atoms with Gasteiger partial charge >= 0.3 is 12.4 Å². The fourth-order valence-electron chi connectivity index (χ4n) is 12.0. The predicted octanol–water partition coefficient (Wildman–Crippen LogP) is 1.61. The number of amides is 4. The molecule has 0 aromatic carbocycles. The first-order valence-electron chi connectivity index (χ1n) is 12.8. The van der Waals surface area contributed by atoms with Crippen molar-refractivity contribution >= 4 is 23.6 Å². The van der Waals surface area contributed by atoms with Gasteiger partial charge in [-0.05, 0) is 36.5 Å². The summed E-state index contributed by atoms with van der Waals surface area (Å²) in [5.41, 5.74) is -6.34. The number of carbonyl (C=O) groups excluding carboxylic acids is 4. The van der Waals surface area contributed by atoms with Crippen LogP contribution in [0.1, 0.15) is 12.8 Å². The SMILES string of the molecule is O=C1C2C3CC4[C@@H]2C(=O)N1CCN1C(=O)C2C5CC([C@H]2C1=O)[C@H]1C5C2(C(F)(F)F)OC1(C(F)(F)F)[C@H]4C32. The van der Waals surface area contributed by atoms with Crippen LogP contribution in [-0.4, -0.2) is 70.1 Å². The second-order valence-electron chi connectivity index (χ2n) is 12.7. The lowest BCUT2D eigenvalue weighted by molar-refractivity contribution is -0.329. The van der Waals surface area contributed by atoms with Crippen molar-refractivity contribution < 1.29 is 50.3 Å². The first kappa shape index (κ1) is 21.7. The molecule has 10 unspecified atom stereocenters. The highest BCUT2D eigenvalue weighted by atomic mass is 19.4. The van der Waals surface area contributed by atoms with Gasteiger partial charge in [0.2, 0.25) is 23.6 Å². The molecule has 0 aromatic rings. The van der Waals surface area contributed by atoms with Crippen LogP contribution in [0.5, 0.6) is 0 Å². The Balaban J connectivity index is 1.37. The van der Waals surface area contributed by atoms with E-state index in [1.54, 1.807) is 0 Å². The van der Waals surface area contributed by atoms with Gasteiger partial charge in [-0.15, -0.1) is 0 Å².